The van der Waals surface area contributed by atoms with Crippen LogP contribution in [0.15, 0.2) is 30.3 Å². The summed E-state index contributed by atoms with van der Waals surface area (Å²) in [6, 6.07) is 8.69. The number of alkyl halides is 3. The zero-order valence-electron chi connectivity index (χ0n) is 9.24. The highest BCUT2D eigenvalue weighted by atomic mass is 19.4. The summed E-state index contributed by atoms with van der Waals surface area (Å²) in [5.74, 6) is -0.982. The lowest BCUT2D eigenvalue weighted by Gasteiger charge is -2.29. The number of nitrogens with zero attached hydrogens (tertiary/aromatic N) is 2. The Morgan fingerprint density at radius 2 is 1.83 bits per heavy atom. The maximum Gasteiger partial charge on any atom is 0.487 e. The van der Waals surface area contributed by atoms with Crippen LogP contribution in [0.25, 0.3) is 10.9 Å². The first-order valence-corrected chi connectivity index (χ1v) is 5.45. The molecule has 18 heavy (non-hydrogen) atoms. The number of benzene rings is 1. The van der Waals surface area contributed by atoms with Crippen molar-refractivity contribution < 1.29 is 18.0 Å². The molecule has 0 radical (unpaired) electrons. The van der Waals surface area contributed by atoms with Crippen LogP contribution in [0, 0.1) is 0 Å². The number of hydrogen-bond donors (Lipinski definition) is 0. The second kappa shape index (κ2) is 3.51. The van der Waals surface area contributed by atoms with Gasteiger partial charge in [0.2, 0.25) is 0 Å². The van der Waals surface area contributed by atoms with Crippen LogP contribution in [-0.2, 0) is 6.54 Å². The first-order chi connectivity index (χ1) is 8.48. The fourth-order valence-electron chi connectivity index (χ4n) is 2.31. The molecule has 0 saturated carbocycles. The molecule has 0 atom stereocenters. The van der Waals surface area contributed by atoms with Gasteiger partial charge in [0.1, 0.15) is 5.69 Å². The SMILES string of the molecule is O=C1c2cc3ccccc3n2CCN1C(F)(F)F. The minimum Gasteiger partial charge on any atom is -0.335 e. The molecule has 2 aromatic rings. The highest BCUT2D eigenvalue weighted by molar-refractivity contribution is 5.99. The number of carbonyl (C=O) groups excluding carboxylic acids is 1. The van der Waals surface area contributed by atoms with Gasteiger partial charge in [0.15, 0.2) is 0 Å². The quantitative estimate of drug-likeness (QED) is 0.663. The topological polar surface area (TPSA) is 25.2 Å². The van der Waals surface area contributed by atoms with Crippen LogP contribution in [0.5, 0.6) is 0 Å². The van der Waals surface area contributed by atoms with Crippen LogP contribution in [0.4, 0.5) is 13.2 Å². The Morgan fingerprint density at radius 3 is 2.56 bits per heavy atom. The Hall–Kier alpha value is -1.98. The van der Waals surface area contributed by atoms with Crippen molar-refractivity contribution in [2.24, 2.45) is 0 Å². The van der Waals surface area contributed by atoms with Gasteiger partial charge < -0.3 is 4.57 Å². The number of amides is 1. The van der Waals surface area contributed by atoms with Crippen molar-refractivity contribution in [3.63, 3.8) is 0 Å². The molecule has 0 fully saturated rings. The summed E-state index contributed by atoms with van der Waals surface area (Å²) >= 11 is 0. The molecule has 2 heterocycles. The van der Waals surface area contributed by atoms with E-state index in [2.05, 4.69) is 0 Å². The van der Waals surface area contributed by atoms with E-state index in [1.807, 2.05) is 0 Å². The fraction of sp³-hybridized carbons (Fsp3) is 0.250. The number of halogens is 3. The maximum absolute atomic E-state index is 12.6. The molecule has 0 N–H and O–H groups in total. The fourth-order valence-corrected chi connectivity index (χ4v) is 2.31. The van der Waals surface area contributed by atoms with Crippen molar-refractivity contribution in [3.05, 3.63) is 36.0 Å². The van der Waals surface area contributed by atoms with Gasteiger partial charge in [0, 0.05) is 24.0 Å². The van der Waals surface area contributed by atoms with E-state index in [1.165, 1.54) is 6.07 Å². The Morgan fingerprint density at radius 1 is 1.11 bits per heavy atom. The first kappa shape index (κ1) is 11.1. The van der Waals surface area contributed by atoms with Gasteiger partial charge >= 0.3 is 6.30 Å². The summed E-state index contributed by atoms with van der Waals surface area (Å²) in [7, 11) is 0. The second-order valence-electron chi connectivity index (χ2n) is 4.16. The third-order valence-electron chi connectivity index (χ3n) is 3.13. The average molecular weight is 254 g/mol. The molecule has 3 nitrogen and oxygen atoms in total. The van der Waals surface area contributed by atoms with Gasteiger partial charge in [0.25, 0.3) is 5.91 Å². The Bertz CT molecular complexity index is 630. The first-order valence-electron chi connectivity index (χ1n) is 5.45. The highest BCUT2D eigenvalue weighted by Gasteiger charge is 2.44. The molecule has 0 unspecified atom stereocenters. The van der Waals surface area contributed by atoms with E-state index < -0.39 is 12.2 Å². The lowest BCUT2D eigenvalue weighted by Crippen LogP contribution is -2.48. The van der Waals surface area contributed by atoms with E-state index in [0.29, 0.717) is 0 Å². The molecule has 0 spiro atoms. The predicted octanol–water partition coefficient (Wildman–Crippen LogP) is 2.62. The predicted molar refractivity (Wildman–Crippen MR) is 59.0 cm³/mol. The molecule has 1 aromatic heterocycles. The van der Waals surface area contributed by atoms with Crippen molar-refractivity contribution in [1.29, 1.82) is 0 Å². The summed E-state index contributed by atoms with van der Waals surface area (Å²) in [5, 5.41) is 0.782. The number of rotatable bonds is 0. The third kappa shape index (κ3) is 1.48. The highest BCUT2D eigenvalue weighted by Crippen LogP contribution is 2.29. The number of para-hydroxylation sites is 1. The zero-order chi connectivity index (χ0) is 12.9. The third-order valence-corrected chi connectivity index (χ3v) is 3.13. The molecule has 94 valence electrons. The molecule has 1 aromatic carbocycles. The monoisotopic (exact) mass is 254 g/mol. The van der Waals surface area contributed by atoms with Crippen LogP contribution < -0.4 is 0 Å². The normalized spacial score (nSPS) is 16.2. The molecular formula is C12H9F3N2O. The van der Waals surface area contributed by atoms with E-state index in [4.69, 9.17) is 0 Å². The molecule has 1 aliphatic rings. The van der Waals surface area contributed by atoms with Gasteiger partial charge in [0.05, 0.1) is 0 Å². The van der Waals surface area contributed by atoms with Crippen molar-refractivity contribution in [1.82, 2.24) is 9.47 Å². The molecule has 0 aliphatic carbocycles. The summed E-state index contributed by atoms with van der Waals surface area (Å²) in [6.07, 6.45) is -4.61. The number of fused-ring (bicyclic) bond motifs is 3. The summed E-state index contributed by atoms with van der Waals surface area (Å²) in [5.41, 5.74) is 0.891. The molecule has 3 rings (SSSR count). The smallest absolute Gasteiger partial charge is 0.335 e. The maximum atomic E-state index is 12.6. The molecule has 0 saturated heterocycles. The lowest BCUT2D eigenvalue weighted by molar-refractivity contribution is -0.226. The molecule has 0 bridgehead atoms. The lowest BCUT2D eigenvalue weighted by atomic mass is 10.2. The van der Waals surface area contributed by atoms with Crippen molar-refractivity contribution in [2.75, 3.05) is 6.54 Å². The van der Waals surface area contributed by atoms with Crippen LogP contribution >= 0.6 is 0 Å². The molecule has 1 amide bonds. The van der Waals surface area contributed by atoms with Gasteiger partial charge in [-0.05, 0) is 12.1 Å². The van der Waals surface area contributed by atoms with E-state index in [0.717, 1.165) is 10.9 Å². The van der Waals surface area contributed by atoms with Crippen LogP contribution in [0.3, 0.4) is 0 Å². The number of carbonyl (C=O) groups is 1. The summed E-state index contributed by atoms with van der Waals surface area (Å²) < 4.78 is 39.6. The van der Waals surface area contributed by atoms with E-state index >= 15 is 0 Å². The van der Waals surface area contributed by atoms with E-state index in [9.17, 15) is 18.0 Å². The minimum atomic E-state index is -4.61. The van der Waals surface area contributed by atoms with E-state index in [-0.39, 0.29) is 23.7 Å². The van der Waals surface area contributed by atoms with Gasteiger partial charge in [-0.15, -0.1) is 13.2 Å². The average Bonchev–Trinajstić information content (AvgIpc) is 2.68. The largest absolute Gasteiger partial charge is 0.487 e. The van der Waals surface area contributed by atoms with Crippen molar-refractivity contribution in [3.8, 4) is 0 Å². The van der Waals surface area contributed by atoms with Crippen LogP contribution in [-0.4, -0.2) is 28.2 Å². The van der Waals surface area contributed by atoms with Gasteiger partial charge in [-0.25, -0.2) is 4.90 Å². The Balaban J connectivity index is 2.14. The van der Waals surface area contributed by atoms with Gasteiger partial charge in [-0.1, -0.05) is 18.2 Å². The summed E-state index contributed by atoms with van der Waals surface area (Å²) in [6.45, 7) is -0.178. The van der Waals surface area contributed by atoms with Crippen molar-refractivity contribution in [2.45, 2.75) is 12.8 Å². The van der Waals surface area contributed by atoms with Crippen molar-refractivity contribution >= 4 is 16.8 Å². The Labute approximate surface area is 100 Å². The van der Waals surface area contributed by atoms with Gasteiger partial charge in [-0.3, -0.25) is 4.79 Å². The second-order valence-corrected chi connectivity index (χ2v) is 4.16. The standard InChI is InChI=1S/C12H9F3N2O/c13-12(14,15)17-6-5-16-9-4-2-1-3-8(9)7-10(16)11(17)18/h1-4,7H,5-6H2. The zero-order valence-corrected chi connectivity index (χ0v) is 9.24. The van der Waals surface area contributed by atoms with Gasteiger partial charge in [-0.2, -0.15) is 0 Å². The summed E-state index contributed by atoms with van der Waals surface area (Å²) in [4.78, 5) is 11.8. The molecular weight excluding hydrogens is 245 g/mol. The van der Waals surface area contributed by atoms with Crippen LogP contribution in [0.1, 0.15) is 10.5 Å². The Kier molecular flexibility index (Phi) is 2.17. The van der Waals surface area contributed by atoms with Crippen LogP contribution in [0.2, 0.25) is 0 Å². The van der Waals surface area contributed by atoms with E-state index in [1.54, 1.807) is 28.8 Å². The molecule has 6 heteroatoms. The minimum absolute atomic E-state index is 0.0405. The molecule has 1 aliphatic heterocycles. The number of aromatic nitrogens is 1. The number of hydrogen-bond acceptors (Lipinski definition) is 1.